The molecule has 0 aliphatic carbocycles. The van der Waals surface area contributed by atoms with E-state index in [1.807, 2.05) is 30.3 Å². The van der Waals surface area contributed by atoms with Crippen LogP contribution in [0.3, 0.4) is 0 Å². The summed E-state index contributed by atoms with van der Waals surface area (Å²) in [5.41, 5.74) is 2.93. The Bertz CT molecular complexity index is 1080. The van der Waals surface area contributed by atoms with E-state index in [1.54, 1.807) is 26.4 Å². The van der Waals surface area contributed by atoms with Gasteiger partial charge < -0.3 is 19.4 Å². The molecule has 2 N–H and O–H groups in total. The summed E-state index contributed by atoms with van der Waals surface area (Å²) in [5.74, 6) is 1.10. The second kappa shape index (κ2) is 5.42. The lowest BCUT2D eigenvalue weighted by Crippen LogP contribution is -2.11. The number of para-hydroxylation sites is 1. The van der Waals surface area contributed by atoms with Crippen LogP contribution in [0, 0.1) is 0 Å². The molecule has 4 rings (SSSR count). The molecular formula is C18H15N3O3. The molecule has 120 valence electrons. The highest BCUT2D eigenvalue weighted by molar-refractivity contribution is 5.86. The van der Waals surface area contributed by atoms with Crippen molar-refractivity contribution in [2.45, 2.75) is 0 Å². The second-order valence-corrected chi connectivity index (χ2v) is 5.41. The maximum Gasteiger partial charge on any atom is 0.276 e. The molecule has 0 unspecified atom stereocenters. The molecule has 0 saturated carbocycles. The van der Waals surface area contributed by atoms with Crippen LogP contribution in [0.1, 0.15) is 0 Å². The number of hydrogen-bond acceptors (Lipinski definition) is 4. The van der Waals surface area contributed by atoms with E-state index in [0.29, 0.717) is 33.9 Å². The predicted molar refractivity (Wildman–Crippen MR) is 92.8 cm³/mol. The minimum atomic E-state index is -0.263. The van der Waals surface area contributed by atoms with Gasteiger partial charge in [-0.25, -0.2) is 4.98 Å². The number of fused-ring (bicyclic) bond motifs is 2. The minimum Gasteiger partial charge on any atom is -0.493 e. The average molecular weight is 321 g/mol. The van der Waals surface area contributed by atoms with E-state index in [9.17, 15) is 4.79 Å². The lowest BCUT2D eigenvalue weighted by molar-refractivity contribution is 0.355. The van der Waals surface area contributed by atoms with Crippen molar-refractivity contribution in [2.24, 2.45) is 0 Å². The molecule has 2 heterocycles. The van der Waals surface area contributed by atoms with E-state index in [1.165, 1.54) is 0 Å². The Morgan fingerprint density at radius 2 is 1.67 bits per heavy atom. The Balaban J connectivity index is 1.95. The van der Waals surface area contributed by atoms with Gasteiger partial charge in [0.25, 0.3) is 5.56 Å². The number of methoxy groups -OCH3 is 2. The number of benzene rings is 2. The fraction of sp³-hybridized carbons (Fsp3) is 0.111. The van der Waals surface area contributed by atoms with Gasteiger partial charge in [0.15, 0.2) is 17.2 Å². The molecule has 0 saturated heterocycles. The number of aromatic amines is 2. The van der Waals surface area contributed by atoms with E-state index in [-0.39, 0.29) is 5.56 Å². The van der Waals surface area contributed by atoms with E-state index in [2.05, 4.69) is 15.0 Å². The van der Waals surface area contributed by atoms with Gasteiger partial charge >= 0.3 is 0 Å². The zero-order valence-electron chi connectivity index (χ0n) is 13.2. The summed E-state index contributed by atoms with van der Waals surface area (Å²) in [7, 11) is 3.11. The molecule has 2 aromatic carbocycles. The summed E-state index contributed by atoms with van der Waals surface area (Å²) < 4.78 is 10.6. The molecule has 6 nitrogen and oxygen atoms in total. The minimum absolute atomic E-state index is 0.263. The molecule has 0 atom stereocenters. The van der Waals surface area contributed by atoms with Crippen molar-refractivity contribution in [3.8, 4) is 22.9 Å². The van der Waals surface area contributed by atoms with Crippen molar-refractivity contribution in [1.82, 2.24) is 15.0 Å². The first-order valence-corrected chi connectivity index (χ1v) is 7.44. The van der Waals surface area contributed by atoms with Gasteiger partial charge in [0.1, 0.15) is 0 Å². The molecule has 2 aromatic heterocycles. The van der Waals surface area contributed by atoms with Crippen LogP contribution in [0.2, 0.25) is 0 Å². The van der Waals surface area contributed by atoms with Crippen molar-refractivity contribution in [2.75, 3.05) is 14.2 Å². The van der Waals surface area contributed by atoms with Gasteiger partial charge in [-0.3, -0.25) is 4.79 Å². The number of rotatable bonds is 3. The Hall–Kier alpha value is -3.28. The Labute approximate surface area is 137 Å². The third-order valence-corrected chi connectivity index (χ3v) is 3.98. The monoisotopic (exact) mass is 321 g/mol. The highest BCUT2D eigenvalue weighted by atomic mass is 16.5. The normalized spacial score (nSPS) is 11.1. The molecule has 0 aliphatic rings. The van der Waals surface area contributed by atoms with Gasteiger partial charge in [0.05, 0.1) is 30.9 Å². The zero-order valence-corrected chi connectivity index (χ0v) is 13.2. The SMILES string of the molecule is COc1cc2nc(-c3cc4ccccc4[nH]3)c(=O)[nH]c2cc1OC. The van der Waals surface area contributed by atoms with E-state index in [4.69, 9.17) is 9.47 Å². The molecule has 24 heavy (non-hydrogen) atoms. The Morgan fingerprint density at radius 3 is 2.42 bits per heavy atom. The summed E-state index contributed by atoms with van der Waals surface area (Å²) in [6.45, 7) is 0. The number of ether oxygens (including phenoxy) is 2. The first-order valence-electron chi connectivity index (χ1n) is 7.44. The summed E-state index contributed by atoms with van der Waals surface area (Å²) in [6, 6.07) is 13.2. The third kappa shape index (κ3) is 2.20. The molecule has 0 amide bonds. The zero-order chi connectivity index (χ0) is 16.7. The van der Waals surface area contributed by atoms with Crippen LogP contribution in [0.4, 0.5) is 0 Å². The standard InChI is InChI=1S/C18H15N3O3/c1-23-15-8-12-13(9-16(15)24-2)21-18(22)17(20-12)14-7-10-5-3-4-6-11(10)19-14/h3-9,19H,1-2H3,(H,21,22). The average Bonchev–Trinajstić information content (AvgIpc) is 3.03. The number of hydrogen-bond donors (Lipinski definition) is 2. The fourth-order valence-electron chi connectivity index (χ4n) is 2.80. The molecule has 0 fully saturated rings. The van der Waals surface area contributed by atoms with Crippen LogP contribution in [0.15, 0.2) is 47.3 Å². The lowest BCUT2D eigenvalue weighted by atomic mass is 10.2. The van der Waals surface area contributed by atoms with Crippen LogP contribution >= 0.6 is 0 Å². The third-order valence-electron chi connectivity index (χ3n) is 3.98. The smallest absolute Gasteiger partial charge is 0.276 e. The highest BCUT2D eigenvalue weighted by Gasteiger charge is 2.13. The van der Waals surface area contributed by atoms with Crippen molar-refractivity contribution < 1.29 is 9.47 Å². The maximum atomic E-state index is 12.5. The molecule has 0 bridgehead atoms. The molecule has 0 radical (unpaired) electrons. The maximum absolute atomic E-state index is 12.5. The highest BCUT2D eigenvalue weighted by Crippen LogP contribution is 2.31. The van der Waals surface area contributed by atoms with Crippen molar-refractivity contribution >= 4 is 21.9 Å². The summed E-state index contributed by atoms with van der Waals surface area (Å²) in [6.07, 6.45) is 0. The quantitative estimate of drug-likeness (QED) is 0.607. The molecular weight excluding hydrogens is 306 g/mol. The first-order chi connectivity index (χ1) is 11.7. The number of aromatic nitrogens is 3. The summed E-state index contributed by atoms with van der Waals surface area (Å²) >= 11 is 0. The second-order valence-electron chi connectivity index (χ2n) is 5.41. The Kier molecular flexibility index (Phi) is 3.23. The van der Waals surface area contributed by atoms with E-state index in [0.717, 1.165) is 10.9 Å². The molecule has 0 aliphatic heterocycles. The van der Waals surface area contributed by atoms with E-state index < -0.39 is 0 Å². The Morgan fingerprint density at radius 1 is 0.917 bits per heavy atom. The molecule has 6 heteroatoms. The predicted octanol–water partition coefficient (Wildman–Crippen LogP) is 3.09. The number of H-pyrrole nitrogens is 2. The van der Waals surface area contributed by atoms with Crippen molar-refractivity contribution in [3.63, 3.8) is 0 Å². The van der Waals surface area contributed by atoms with Crippen molar-refractivity contribution in [3.05, 3.63) is 52.8 Å². The van der Waals surface area contributed by atoms with Crippen LogP contribution in [0.25, 0.3) is 33.3 Å². The van der Waals surface area contributed by atoms with Gasteiger partial charge in [-0.1, -0.05) is 18.2 Å². The lowest BCUT2D eigenvalue weighted by Gasteiger charge is -2.09. The van der Waals surface area contributed by atoms with Gasteiger partial charge in [0.2, 0.25) is 0 Å². The number of nitrogens with one attached hydrogen (secondary N) is 2. The summed E-state index contributed by atoms with van der Waals surface area (Å²) in [5, 5.41) is 1.03. The molecule has 0 spiro atoms. The van der Waals surface area contributed by atoms with Gasteiger partial charge in [-0.05, 0) is 12.1 Å². The van der Waals surface area contributed by atoms with Crippen LogP contribution < -0.4 is 15.0 Å². The topological polar surface area (TPSA) is 80.0 Å². The number of nitrogens with zero attached hydrogens (tertiary/aromatic N) is 1. The van der Waals surface area contributed by atoms with Gasteiger partial charge in [-0.2, -0.15) is 0 Å². The van der Waals surface area contributed by atoms with Crippen LogP contribution in [0.5, 0.6) is 11.5 Å². The summed E-state index contributed by atoms with van der Waals surface area (Å²) in [4.78, 5) is 23.1. The van der Waals surface area contributed by atoms with E-state index >= 15 is 0 Å². The van der Waals surface area contributed by atoms with Crippen LogP contribution in [-0.2, 0) is 0 Å². The molecule has 4 aromatic rings. The van der Waals surface area contributed by atoms with Gasteiger partial charge in [-0.15, -0.1) is 0 Å². The largest absolute Gasteiger partial charge is 0.493 e. The first kappa shape index (κ1) is 14.3. The van der Waals surface area contributed by atoms with Crippen molar-refractivity contribution in [1.29, 1.82) is 0 Å². The fourth-order valence-corrected chi connectivity index (χ4v) is 2.80. The van der Waals surface area contributed by atoms with Crippen LogP contribution in [-0.4, -0.2) is 29.2 Å². The van der Waals surface area contributed by atoms with Gasteiger partial charge in [0, 0.05) is 23.0 Å².